The Morgan fingerprint density at radius 1 is 1.31 bits per heavy atom. The monoisotopic (exact) mass is 225 g/mol. The normalized spacial score (nSPS) is 26.1. The predicted octanol–water partition coefficient (Wildman–Crippen LogP) is 2.36. The Kier molecular flexibility index (Phi) is 3.24. The van der Waals surface area contributed by atoms with Crippen molar-refractivity contribution in [1.82, 2.24) is 4.90 Å². The van der Waals surface area contributed by atoms with Crippen molar-refractivity contribution in [3.8, 4) is 0 Å². The minimum Gasteiger partial charge on any atom is -0.481 e. The van der Waals surface area contributed by atoms with Gasteiger partial charge in [0.2, 0.25) is 0 Å². The first-order valence-electron chi connectivity index (χ1n) is 6.49. The zero-order chi connectivity index (χ0) is 11.8. The molecule has 1 N–H and O–H groups in total. The zero-order valence-electron chi connectivity index (χ0n) is 10.4. The van der Waals surface area contributed by atoms with Gasteiger partial charge in [-0.05, 0) is 38.0 Å². The Morgan fingerprint density at radius 3 is 2.44 bits per heavy atom. The lowest BCUT2D eigenvalue weighted by atomic mass is 9.92. The molecule has 92 valence electrons. The third-order valence-corrected chi connectivity index (χ3v) is 4.34. The molecule has 3 heteroatoms. The summed E-state index contributed by atoms with van der Waals surface area (Å²) >= 11 is 0. The molecule has 2 rings (SSSR count). The summed E-state index contributed by atoms with van der Waals surface area (Å²) in [5.74, 6) is -0.841. The molecule has 1 saturated heterocycles. The SMILES string of the molecule is CC(CCCC(C)N1CC2(CC2)C1)C(=O)O. The lowest BCUT2D eigenvalue weighted by molar-refractivity contribution is -0.141. The smallest absolute Gasteiger partial charge is 0.306 e. The van der Waals surface area contributed by atoms with E-state index >= 15 is 0 Å². The second-order valence-electron chi connectivity index (χ2n) is 5.92. The van der Waals surface area contributed by atoms with E-state index in [0.29, 0.717) is 6.04 Å². The molecule has 0 aromatic heterocycles. The molecule has 2 aliphatic rings. The molecule has 2 atom stereocenters. The molecule has 2 fully saturated rings. The number of carboxylic acids is 1. The van der Waals surface area contributed by atoms with Gasteiger partial charge in [-0.15, -0.1) is 0 Å². The van der Waals surface area contributed by atoms with Crippen molar-refractivity contribution in [1.29, 1.82) is 0 Å². The largest absolute Gasteiger partial charge is 0.481 e. The van der Waals surface area contributed by atoms with Gasteiger partial charge in [0.1, 0.15) is 0 Å². The average Bonchev–Trinajstić information content (AvgIpc) is 2.94. The van der Waals surface area contributed by atoms with Crippen LogP contribution in [0, 0.1) is 11.3 Å². The fourth-order valence-electron chi connectivity index (χ4n) is 2.65. The predicted molar refractivity (Wildman–Crippen MR) is 63.4 cm³/mol. The van der Waals surface area contributed by atoms with E-state index in [-0.39, 0.29) is 5.92 Å². The molecular formula is C13H23NO2. The summed E-state index contributed by atoms with van der Waals surface area (Å²) in [7, 11) is 0. The molecule has 0 amide bonds. The van der Waals surface area contributed by atoms with Gasteiger partial charge in [0.25, 0.3) is 0 Å². The van der Waals surface area contributed by atoms with Gasteiger partial charge in [0.05, 0.1) is 5.92 Å². The number of nitrogens with zero attached hydrogens (tertiary/aromatic N) is 1. The van der Waals surface area contributed by atoms with Crippen LogP contribution >= 0.6 is 0 Å². The van der Waals surface area contributed by atoms with Crippen LogP contribution in [0.2, 0.25) is 0 Å². The Bertz CT molecular complexity index is 265. The summed E-state index contributed by atoms with van der Waals surface area (Å²) < 4.78 is 0. The van der Waals surface area contributed by atoms with E-state index in [1.807, 2.05) is 0 Å². The first-order chi connectivity index (χ1) is 7.52. The molecular weight excluding hydrogens is 202 g/mol. The van der Waals surface area contributed by atoms with E-state index in [9.17, 15) is 4.79 Å². The Balaban J connectivity index is 1.57. The van der Waals surface area contributed by atoms with Crippen molar-refractivity contribution in [2.24, 2.45) is 11.3 Å². The van der Waals surface area contributed by atoms with E-state index in [0.717, 1.165) is 24.7 Å². The number of hydrogen-bond donors (Lipinski definition) is 1. The van der Waals surface area contributed by atoms with Crippen LogP contribution in [-0.2, 0) is 4.79 Å². The Morgan fingerprint density at radius 2 is 1.94 bits per heavy atom. The van der Waals surface area contributed by atoms with Gasteiger partial charge in [0.15, 0.2) is 0 Å². The van der Waals surface area contributed by atoms with Crippen LogP contribution in [-0.4, -0.2) is 35.1 Å². The fraction of sp³-hybridized carbons (Fsp3) is 0.923. The van der Waals surface area contributed by atoms with Gasteiger partial charge in [-0.25, -0.2) is 0 Å². The molecule has 3 nitrogen and oxygen atoms in total. The average molecular weight is 225 g/mol. The highest BCUT2D eigenvalue weighted by molar-refractivity contribution is 5.69. The van der Waals surface area contributed by atoms with E-state index < -0.39 is 5.97 Å². The highest BCUT2D eigenvalue weighted by atomic mass is 16.4. The van der Waals surface area contributed by atoms with Gasteiger partial charge in [-0.3, -0.25) is 9.69 Å². The molecule has 1 aliphatic carbocycles. The van der Waals surface area contributed by atoms with Gasteiger partial charge in [-0.1, -0.05) is 13.3 Å². The third-order valence-electron chi connectivity index (χ3n) is 4.34. The Hall–Kier alpha value is -0.570. The van der Waals surface area contributed by atoms with Crippen LogP contribution in [0.5, 0.6) is 0 Å². The minimum absolute atomic E-state index is 0.182. The summed E-state index contributed by atoms with van der Waals surface area (Å²) in [6, 6.07) is 0.646. The van der Waals surface area contributed by atoms with Crippen LogP contribution in [0.4, 0.5) is 0 Å². The molecule has 1 heterocycles. The molecule has 0 radical (unpaired) electrons. The van der Waals surface area contributed by atoms with Gasteiger partial charge < -0.3 is 5.11 Å². The molecule has 1 saturated carbocycles. The third kappa shape index (κ3) is 2.57. The number of likely N-dealkylation sites (tertiary alicyclic amines) is 1. The van der Waals surface area contributed by atoms with Crippen LogP contribution in [0.15, 0.2) is 0 Å². The quantitative estimate of drug-likeness (QED) is 0.754. The number of aliphatic carboxylic acids is 1. The van der Waals surface area contributed by atoms with Crippen molar-refractivity contribution in [2.75, 3.05) is 13.1 Å². The van der Waals surface area contributed by atoms with E-state index in [1.165, 1.54) is 25.9 Å². The minimum atomic E-state index is -0.659. The lowest BCUT2D eigenvalue weighted by Gasteiger charge is -2.44. The van der Waals surface area contributed by atoms with Crippen molar-refractivity contribution >= 4 is 5.97 Å². The second-order valence-corrected chi connectivity index (χ2v) is 5.92. The maximum absolute atomic E-state index is 10.7. The summed E-state index contributed by atoms with van der Waals surface area (Å²) in [4.78, 5) is 13.2. The maximum atomic E-state index is 10.7. The highest BCUT2D eigenvalue weighted by Gasteiger charge is 2.52. The van der Waals surface area contributed by atoms with Crippen molar-refractivity contribution < 1.29 is 9.90 Å². The summed E-state index contributed by atoms with van der Waals surface area (Å²) in [5, 5.41) is 8.78. The van der Waals surface area contributed by atoms with Crippen molar-refractivity contribution in [2.45, 2.75) is 52.0 Å². The molecule has 1 spiro atoms. The number of hydrogen-bond acceptors (Lipinski definition) is 2. The molecule has 1 aliphatic heterocycles. The van der Waals surface area contributed by atoms with E-state index in [2.05, 4.69) is 11.8 Å². The Labute approximate surface area is 97.8 Å². The standard InChI is InChI=1S/C13H23NO2/c1-10(12(15)16)4-3-5-11(2)14-8-13(9-14)6-7-13/h10-11H,3-9H2,1-2H3,(H,15,16). The van der Waals surface area contributed by atoms with Crippen LogP contribution < -0.4 is 0 Å². The highest BCUT2D eigenvalue weighted by Crippen LogP contribution is 2.53. The van der Waals surface area contributed by atoms with Gasteiger partial charge in [-0.2, -0.15) is 0 Å². The van der Waals surface area contributed by atoms with E-state index in [4.69, 9.17) is 5.11 Å². The number of carboxylic acid groups (broad SMARTS) is 1. The first-order valence-corrected chi connectivity index (χ1v) is 6.49. The number of rotatable bonds is 6. The molecule has 0 bridgehead atoms. The fourth-order valence-corrected chi connectivity index (χ4v) is 2.65. The summed E-state index contributed by atoms with van der Waals surface area (Å²) in [5.41, 5.74) is 0.739. The topological polar surface area (TPSA) is 40.5 Å². The van der Waals surface area contributed by atoms with Crippen molar-refractivity contribution in [3.05, 3.63) is 0 Å². The first kappa shape index (κ1) is 11.9. The van der Waals surface area contributed by atoms with Crippen LogP contribution in [0.3, 0.4) is 0 Å². The second kappa shape index (κ2) is 4.36. The number of carbonyl (C=O) groups is 1. The lowest BCUT2D eigenvalue weighted by Crippen LogP contribution is -2.52. The van der Waals surface area contributed by atoms with E-state index in [1.54, 1.807) is 6.92 Å². The van der Waals surface area contributed by atoms with Gasteiger partial charge >= 0.3 is 5.97 Å². The van der Waals surface area contributed by atoms with Crippen LogP contribution in [0.25, 0.3) is 0 Å². The molecule has 16 heavy (non-hydrogen) atoms. The molecule has 0 aromatic carbocycles. The summed E-state index contributed by atoms with van der Waals surface area (Å²) in [6.07, 6.45) is 5.88. The zero-order valence-corrected chi connectivity index (χ0v) is 10.4. The molecule has 2 unspecified atom stereocenters. The van der Waals surface area contributed by atoms with Crippen LogP contribution in [0.1, 0.15) is 46.0 Å². The van der Waals surface area contributed by atoms with Gasteiger partial charge in [0, 0.05) is 19.1 Å². The van der Waals surface area contributed by atoms with Crippen molar-refractivity contribution in [3.63, 3.8) is 0 Å². The summed E-state index contributed by atoms with van der Waals surface area (Å²) in [6.45, 7) is 6.67. The maximum Gasteiger partial charge on any atom is 0.306 e. The molecule has 0 aromatic rings.